The van der Waals surface area contributed by atoms with Gasteiger partial charge in [-0.1, -0.05) is 6.07 Å². The SMILES string of the molecule is CC(=O)Nc1cc(CO)ccc1F. The molecule has 0 heterocycles. The first kappa shape index (κ1) is 9.67. The topological polar surface area (TPSA) is 49.3 Å². The number of benzene rings is 1. The zero-order chi connectivity index (χ0) is 9.84. The molecule has 70 valence electrons. The van der Waals surface area contributed by atoms with Crippen LogP contribution in [-0.4, -0.2) is 11.0 Å². The van der Waals surface area contributed by atoms with Crippen LogP contribution in [0.4, 0.5) is 10.1 Å². The number of amides is 1. The summed E-state index contributed by atoms with van der Waals surface area (Å²) in [5, 5.41) is 11.1. The lowest BCUT2D eigenvalue weighted by molar-refractivity contribution is -0.114. The molecule has 13 heavy (non-hydrogen) atoms. The number of halogens is 1. The van der Waals surface area contributed by atoms with Crippen molar-refractivity contribution in [3.8, 4) is 0 Å². The monoisotopic (exact) mass is 183 g/mol. The number of carbonyl (C=O) groups is 1. The van der Waals surface area contributed by atoms with Gasteiger partial charge in [0.15, 0.2) is 0 Å². The van der Waals surface area contributed by atoms with E-state index < -0.39 is 5.82 Å². The van der Waals surface area contributed by atoms with Crippen LogP contribution in [0.1, 0.15) is 12.5 Å². The molecule has 0 unspecified atom stereocenters. The van der Waals surface area contributed by atoms with Gasteiger partial charge in [0.25, 0.3) is 0 Å². The van der Waals surface area contributed by atoms with Crippen molar-refractivity contribution in [2.45, 2.75) is 13.5 Å². The number of aliphatic hydroxyl groups is 1. The summed E-state index contributed by atoms with van der Waals surface area (Å²) in [6, 6.07) is 4.06. The molecule has 0 aliphatic rings. The Morgan fingerprint density at radius 2 is 2.31 bits per heavy atom. The lowest BCUT2D eigenvalue weighted by Crippen LogP contribution is -2.07. The molecule has 4 heteroatoms. The number of aliphatic hydroxyl groups excluding tert-OH is 1. The molecule has 1 rings (SSSR count). The van der Waals surface area contributed by atoms with Crippen molar-refractivity contribution < 1.29 is 14.3 Å². The molecule has 3 nitrogen and oxygen atoms in total. The second-order valence-corrected chi connectivity index (χ2v) is 2.65. The summed E-state index contributed by atoms with van der Waals surface area (Å²) >= 11 is 0. The van der Waals surface area contributed by atoms with E-state index in [0.717, 1.165) is 0 Å². The highest BCUT2D eigenvalue weighted by Crippen LogP contribution is 2.15. The van der Waals surface area contributed by atoms with E-state index in [9.17, 15) is 9.18 Å². The van der Waals surface area contributed by atoms with Crippen LogP contribution in [0.3, 0.4) is 0 Å². The molecule has 0 bridgehead atoms. The Bertz CT molecular complexity index is 325. The van der Waals surface area contributed by atoms with Crippen molar-refractivity contribution in [3.63, 3.8) is 0 Å². The molecule has 0 fully saturated rings. The van der Waals surface area contributed by atoms with E-state index in [1.807, 2.05) is 0 Å². The zero-order valence-electron chi connectivity index (χ0n) is 7.17. The Morgan fingerprint density at radius 1 is 1.62 bits per heavy atom. The van der Waals surface area contributed by atoms with Gasteiger partial charge in [-0.25, -0.2) is 4.39 Å². The van der Waals surface area contributed by atoms with Crippen LogP contribution >= 0.6 is 0 Å². The van der Waals surface area contributed by atoms with Gasteiger partial charge in [-0.3, -0.25) is 4.79 Å². The molecule has 0 aliphatic carbocycles. The second-order valence-electron chi connectivity index (χ2n) is 2.65. The van der Waals surface area contributed by atoms with Gasteiger partial charge in [-0.2, -0.15) is 0 Å². The van der Waals surface area contributed by atoms with E-state index in [0.29, 0.717) is 5.56 Å². The number of rotatable bonds is 2. The maximum atomic E-state index is 13.0. The number of anilines is 1. The van der Waals surface area contributed by atoms with Crippen LogP contribution in [0.15, 0.2) is 18.2 Å². The molecule has 0 saturated heterocycles. The smallest absolute Gasteiger partial charge is 0.221 e. The van der Waals surface area contributed by atoms with E-state index in [2.05, 4.69) is 5.32 Å². The Labute approximate surface area is 75.2 Å². The maximum Gasteiger partial charge on any atom is 0.221 e. The van der Waals surface area contributed by atoms with E-state index in [1.54, 1.807) is 0 Å². The fraction of sp³-hybridized carbons (Fsp3) is 0.222. The highest BCUT2D eigenvalue weighted by atomic mass is 19.1. The van der Waals surface area contributed by atoms with Crippen molar-refractivity contribution in [1.29, 1.82) is 0 Å². The molecule has 0 spiro atoms. The summed E-state index contributed by atoms with van der Waals surface area (Å²) in [6.07, 6.45) is 0. The standard InChI is InChI=1S/C9H10FNO2/c1-6(13)11-9-4-7(5-12)2-3-8(9)10/h2-4,12H,5H2,1H3,(H,11,13). The molecule has 0 atom stereocenters. The quantitative estimate of drug-likeness (QED) is 0.725. The molecular weight excluding hydrogens is 173 g/mol. The third-order valence-electron chi connectivity index (χ3n) is 1.52. The van der Waals surface area contributed by atoms with Crippen LogP contribution < -0.4 is 5.32 Å². The molecule has 0 aliphatic heterocycles. The van der Waals surface area contributed by atoms with Gasteiger partial charge in [-0.15, -0.1) is 0 Å². The zero-order valence-corrected chi connectivity index (χ0v) is 7.17. The minimum absolute atomic E-state index is 0.0963. The van der Waals surface area contributed by atoms with Gasteiger partial charge < -0.3 is 10.4 Å². The molecule has 1 aromatic rings. The van der Waals surface area contributed by atoms with Crippen LogP contribution in [0.25, 0.3) is 0 Å². The van der Waals surface area contributed by atoms with Crippen molar-refractivity contribution in [2.75, 3.05) is 5.32 Å². The largest absolute Gasteiger partial charge is 0.392 e. The lowest BCUT2D eigenvalue weighted by atomic mass is 10.2. The first-order valence-electron chi connectivity index (χ1n) is 3.80. The van der Waals surface area contributed by atoms with Crippen molar-refractivity contribution in [1.82, 2.24) is 0 Å². The van der Waals surface area contributed by atoms with Crippen molar-refractivity contribution in [3.05, 3.63) is 29.6 Å². The Hall–Kier alpha value is -1.42. The molecule has 1 amide bonds. The average molecular weight is 183 g/mol. The highest BCUT2D eigenvalue weighted by Gasteiger charge is 2.03. The molecule has 1 aromatic carbocycles. The van der Waals surface area contributed by atoms with Crippen molar-refractivity contribution in [2.24, 2.45) is 0 Å². The fourth-order valence-electron chi connectivity index (χ4n) is 0.956. The second kappa shape index (κ2) is 4.00. The Kier molecular flexibility index (Phi) is 2.97. The van der Waals surface area contributed by atoms with Gasteiger partial charge in [0.1, 0.15) is 5.82 Å². The highest BCUT2D eigenvalue weighted by molar-refractivity contribution is 5.88. The van der Waals surface area contributed by atoms with Crippen LogP contribution in [-0.2, 0) is 11.4 Å². The Morgan fingerprint density at radius 3 is 2.85 bits per heavy atom. The summed E-state index contributed by atoms with van der Waals surface area (Å²) in [5.74, 6) is -0.846. The van der Waals surface area contributed by atoms with Crippen molar-refractivity contribution >= 4 is 11.6 Å². The minimum Gasteiger partial charge on any atom is -0.392 e. The summed E-state index contributed by atoms with van der Waals surface area (Å²) in [7, 11) is 0. The van der Waals surface area contributed by atoms with Crippen LogP contribution in [0.5, 0.6) is 0 Å². The average Bonchev–Trinajstić information content (AvgIpc) is 2.08. The van der Waals surface area contributed by atoms with Gasteiger partial charge >= 0.3 is 0 Å². The molecular formula is C9H10FNO2. The summed E-state index contributed by atoms with van der Waals surface area (Å²) in [4.78, 5) is 10.6. The predicted molar refractivity (Wildman–Crippen MR) is 46.6 cm³/mol. The maximum absolute atomic E-state index is 13.0. The number of hydrogen-bond acceptors (Lipinski definition) is 2. The third-order valence-corrected chi connectivity index (χ3v) is 1.52. The van der Waals surface area contributed by atoms with Gasteiger partial charge in [0, 0.05) is 6.92 Å². The van der Waals surface area contributed by atoms with E-state index in [4.69, 9.17) is 5.11 Å². The predicted octanol–water partition coefficient (Wildman–Crippen LogP) is 1.28. The number of hydrogen-bond donors (Lipinski definition) is 2. The molecule has 2 N–H and O–H groups in total. The first-order chi connectivity index (χ1) is 6.13. The minimum atomic E-state index is -0.507. The summed E-state index contributed by atoms with van der Waals surface area (Å²) < 4.78 is 13.0. The molecule has 0 aromatic heterocycles. The molecule has 0 radical (unpaired) electrons. The first-order valence-corrected chi connectivity index (χ1v) is 3.80. The Balaban J connectivity index is 2.96. The molecule has 0 saturated carbocycles. The van der Waals surface area contributed by atoms with E-state index >= 15 is 0 Å². The van der Waals surface area contributed by atoms with Crippen LogP contribution in [0.2, 0.25) is 0 Å². The fourth-order valence-corrected chi connectivity index (χ4v) is 0.956. The van der Waals surface area contributed by atoms with Gasteiger partial charge in [0.05, 0.1) is 12.3 Å². The third kappa shape index (κ3) is 2.52. The number of nitrogens with one attached hydrogen (secondary N) is 1. The van der Waals surface area contributed by atoms with Gasteiger partial charge in [0.2, 0.25) is 5.91 Å². The van der Waals surface area contributed by atoms with Crippen LogP contribution in [0, 0.1) is 5.82 Å². The lowest BCUT2D eigenvalue weighted by Gasteiger charge is -2.04. The van der Waals surface area contributed by atoms with Gasteiger partial charge in [-0.05, 0) is 17.7 Å². The summed E-state index contributed by atoms with van der Waals surface area (Å²) in [5.41, 5.74) is 0.657. The van der Waals surface area contributed by atoms with E-state index in [-0.39, 0.29) is 18.2 Å². The summed E-state index contributed by atoms with van der Waals surface area (Å²) in [6.45, 7) is 1.12. The number of carbonyl (C=O) groups excluding carboxylic acids is 1. The normalized spacial score (nSPS) is 9.77. The van der Waals surface area contributed by atoms with E-state index in [1.165, 1.54) is 25.1 Å².